The van der Waals surface area contributed by atoms with Gasteiger partial charge in [-0.05, 0) is 36.5 Å². The molecule has 2 saturated heterocycles. The molecule has 0 amide bonds. The fourth-order valence-electron chi connectivity index (χ4n) is 4.06. The SMILES string of the molecule is Cc1cncnc1N1CC2CN(Cc3ccc(C#N)cc3)CC2C1. The maximum absolute atomic E-state index is 8.89. The van der Waals surface area contributed by atoms with Gasteiger partial charge in [0.1, 0.15) is 12.1 Å². The van der Waals surface area contributed by atoms with Crippen LogP contribution >= 0.6 is 0 Å². The molecule has 3 heterocycles. The molecule has 4 rings (SSSR count). The summed E-state index contributed by atoms with van der Waals surface area (Å²) in [6.07, 6.45) is 3.54. The van der Waals surface area contributed by atoms with Crippen molar-refractivity contribution in [3.05, 3.63) is 53.5 Å². The minimum Gasteiger partial charge on any atom is -0.356 e. The molecule has 2 fully saturated rings. The maximum atomic E-state index is 8.89. The van der Waals surface area contributed by atoms with Crippen molar-refractivity contribution < 1.29 is 0 Å². The van der Waals surface area contributed by atoms with Crippen molar-refractivity contribution in [3.63, 3.8) is 0 Å². The monoisotopic (exact) mass is 319 g/mol. The van der Waals surface area contributed by atoms with Crippen LogP contribution in [0.4, 0.5) is 5.82 Å². The van der Waals surface area contributed by atoms with Crippen molar-refractivity contribution in [3.8, 4) is 6.07 Å². The molecule has 24 heavy (non-hydrogen) atoms. The average Bonchev–Trinajstić information content (AvgIpc) is 3.14. The molecule has 2 unspecified atom stereocenters. The topological polar surface area (TPSA) is 56.1 Å². The van der Waals surface area contributed by atoms with E-state index in [4.69, 9.17) is 5.26 Å². The minimum absolute atomic E-state index is 0.720. The summed E-state index contributed by atoms with van der Waals surface area (Å²) < 4.78 is 0. The van der Waals surface area contributed by atoms with Gasteiger partial charge in [0, 0.05) is 44.5 Å². The van der Waals surface area contributed by atoms with Crippen LogP contribution in [0.2, 0.25) is 0 Å². The Morgan fingerprint density at radius 1 is 1.12 bits per heavy atom. The van der Waals surface area contributed by atoms with Gasteiger partial charge in [-0.25, -0.2) is 9.97 Å². The molecular formula is C19H21N5. The Bertz CT molecular complexity index is 750. The van der Waals surface area contributed by atoms with Crippen LogP contribution in [0.3, 0.4) is 0 Å². The van der Waals surface area contributed by atoms with Crippen LogP contribution in [0.25, 0.3) is 0 Å². The Hall–Kier alpha value is -2.45. The first kappa shape index (κ1) is 15.1. The molecule has 0 aliphatic carbocycles. The number of anilines is 1. The van der Waals surface area contributed by atoms with Crippen molar-refractivity contribution in [2.75, 3.05) is 31.1 Å². The van der Waals surface area contributed by atoms with E-state index in [1.807, 2.05) is 18.3 Å². The number of aromatic nitrogens is 2. The van der Waals surface area contributed by atoms with Crippen LogP contribution in [0.5, 0.6) is 0 Å². The van der Waals surface area contributed by atoms with E-state index in [1.165, 1.54) is 5.56 Å². The molecule has 1 aromatic carbocycles. The largest absolute Gasteiger partial charge is 0.356 e. The van der Waals surface area contributed by atoms with Gasteiger partial charge >= 0.3 is 0 Å². The molecule has 1 aromatic heterocycles. The van der Waals surface area contributed by atoms with Gasteiger partial charge in [-0.15, -0.1) is 0 Å². The highest BCUT2D eigenvalue weighted by atomic mass is 15.3. The predicted octanol–water partition coefficient (Wildman–Crippen LogP) is 2.22. The number of rotatable bonds is 3. The van der Waals surface area contributed by atoms with Crippen molar-refractivity contribution in [1.29, 1.82) is 5.26 Å². The fourth-order valence-corrected chi connectivity index (χ4v) is 4.06. The third-order valence-corrected chi connectivity index (χ3v) is 5.22. The molecule has 0 bridgehead atoms. The summed E-state index contributed by atoms with van der Waals surface area (Å²) >= 11 is 0. The first-order valence-corrected chi connectivity index (χ1v) is 8.46. The summed E-state index contributed by atoms with van der Waals surface area (Å²) in [4.78, 5) is 13.5. The molecule has 0 spiro atoms. The van der Waals surface area contributed by atoms with E-state index in [0.717, 1.165) is 61.5 Å². The Morgan fingerprint density at radius 2 is 1.83 bits per heavy atom. The second-order valence-electron chi connectivity index (χ2n) is 6.96. The molecule has 2 aliphatic heterocycles. The van der Waals surface area contributed by atoms with Crippen LogP contribution in [-0.2, 0) is 6.54 Å². The molecule has 122 valence electrons. The normalized spacial score (nSPS) is 23.2. The van der Waals surface area contributed by atoms with E-state index in [2.05, 4.69) is 44.9 Å². The summed E-state index contributed by atoms with van der Waals surface area (Å²) in [6.45, 7) is 7.53. The van der Waals surface area contributed by atoms with E-state index in [1.54, 1.807) is 6.33 Å². The molecule has 5 heteroatoms. The zero-order valence-corrected chi connectivity index (χ0v) is 13.9. The molecule has 2 aromatic rings. The van der Waals surface area contributed by atoms with Gasteiger partial charge in [0.05, 0.1) is 11.6 Å². The number of nitriles is 1. The number of hydrogen-bond acceptors (Lipinski definition) is 5. The standard InChI is InChI=1S/C19H21N5/c1-14-7-21-13-22-19(14)24-11-17-9-23(10-18(17)12-24)8-16-4-2-15(6-20)3-5-16/h2-5,7,13,17-18H,8-12H2,1H3. The first-order chi connectivity index (χ1) is 11.7. The third kappa shape index (κ3) is 2.85. The number of likely N-dealkylation sites (tertiary alicyclic amines) is 1. The number of benzene rings is 1. The predicted molar refractivity (Wildman–Crippen MR) is 92.4 cm³/mol. The van der Waals surface area contributed by atoms with Crippen LogP contribution in [0, 0.1) is 30.1 Å². The molecule has 2 atom stereocenters. The summed E-state index contributed by atoms with van der Waals surface area (Å²) in [5.74, 6) is 2.54. The molecule has 0 saturated carbocycles. The van der Waals surface area contributed by atoms with Crippen LogP contribution in [0.15, 0.2) is 36.8 Å². The molecular weight excluding hydrogens is 298 g/mol. The number of nitrogens with zero attached hydrogens (tertiary/aromatic N) is 5. The minimum atomic E-state index is 0.720. The highest BCUT2D eigenvalue weighted by molar-refractivity contribution is 5.46. The van der Waals surface area contributed by atoms with Gasteiger partial charge in [-0.1, -0.05) is 12.1 Å². The van der Waals surface area contributed by atoms with Crippen molar-refractivity contribution in [1.82, 2.24) is 14.9 Å². The van der Waals surface area contributed by atoms with Crippen molar-refractivity contribution >= 4 is 5.82 Å². The van der Waals surface area contributed by atoms with E-state index in [0.29, 0.717) is 0 Å². The van der Waals surface area contributed by atoms with E-state index >= 15 is 0 Å². The van der Waals surface area contributed by atoms with Gasteiger partial charge in [0.15, 0.2) is 0 Å². The molecule has 5 nitrogen and oxygen atoms in total. The lowest BCUT2D eigenvalue weighted by Gasteiger charge is -2.23. The Morgan fingerprint density at radius 3 is 2.46 bits per heavy atom. The van der Waals surface area contributed by atoms with Crippen LogP contribution < -0.4 is 4.90 Å². The second kappa shape index (κ2) is 6.21. The van der Waals surface area contributed by atoms with Crippen molar-refractivity contribution in [2.45, 2.75) is 13.5 Å². The zero-order valence-electron chi connectivity index (χ0n) is 13.9. The Balaban J connectivity index is 1.37. The van der Waals surface area contributed by atoms with E-state index < -0.39 is 0 Å². The van der Waals surface area contributed by atoms with Gasteiger partial charge in [-0.3, -0.25) is 4.90 Å². The number of hydrogen-bond donors (Lipinski definition) is 0. The van der Waals surface area contributed by atoms with Crippen LogP contribution in [-0.4, -0.2) is 41.0 Å². The lowest BCUT2D eigenvalue weighted by Crippen LogP contribution is -2.29. The van der Waals surface area contributed by atoms with Crippen LogP contribution in [0.1, 0.15) is 16.7 Å². The lowest BCUT2D eigenvalue weighted by atomic mass is 10.0. The van der Waals surface area contributed by atoms with E-state index in [9.17, 15) is 0 Å². The second-order valence-corrected chi connectivity index (χ2v) is 6.96. The van der Waals surface area contributed by atoms with Gasteiger partial charge in [0.2, 0.25) is 0 Å². The zero-order chi connectivity index (χ0) is 16.5. The fraction of sp³-hybridized carbons (Fsp3) is 0.421. The molecule has 0 radical (unpaired) electrons. The maximum Gasteiger partial charge on any atom is 0.134 e. The third-order valence-electron chi connectivity index (χ3n) is 5.22. The van der Waals surface area contributed by atoms with Gasteiger partial charge in [0.25, 0.3) is 0 Å². The summed E-state index contributed by atoms with van der Waals surface area (Å²) in [5.41, 5.74) is 3.18. The summed E-state index contributed by atoms with van der Waals surface area (Å²) in [5, 5.41) is 8.89. The highest BCUT2D eigenvalue weighted by Crippen LogP contribution is 2.34. The first-order valence-electron chi connectivity index (χ1n) is 8.46. The number of fused-ring (bicyclic) bond motifs is 1. The smallest absolute Gasteiger partial charge is 0.134 e. The average molecular weight is 319 g/mol. The Labute approximate surface area is 142 Å². The number of aryl methyl sites for hydroxylation is 1. The molecule has 2 aliphatic rings. The molecule has 0 N–H and O–H groups in total. The van der Waals surface area contributed by atoms with Gasteiger partial charge in [-0.2, -0.15) is 5.26 Å². The Kier molecular flexibility index (Phi) is 3.91. The quantitative estimate of drug-likeness (QED) is 0.868. The van der Waals surface area contributed by atoms with Gasteiger partial charge < -0.3 is 4.90 Å². The summed E-state index contributed by atoms with van der Waals surface area (Å²) in [6, 6.07) is 10.1. The van der Waals surface area contributed by atoms with Crippen molar-refractivity contribution in [2.24, 2.45) is 11.8 Å². The lowest BCUT2D eigenvalue weighted by molar-refractivity contribution is 0.309. The highest BCUT2D eigenvalue weighted by Gasteiger charge is 2.40. The van der Waals surface area contributed by atoms with E-state index in [-0.39, 0.29) is 0 Å². The summed E-state index contributed by atoms with van der Waals surface area (Å²) in [7, 11) is 0.